The molecule has 0 spiro atoms. The second-order valence-corrected chi connectivity index (χ2v) is 5.81. The number of benzene rings is 1. The molecule has 0 radical (unpaired) electrons. The summed E-state index contributed by atoms with van der Waals surface area (Å²) in [7, 11) is 0. The van der Waals surface area contributed by atoms with Gasteiger partial charge in [0, 0.05) is 6.04 Å². The van der Waals surface area contributed by atoms with Gasteiger partial charge in [-0.25, -0.2) is 4.79 Å². The molecular formula is C19H22N2O5. The Balaban J connectivity index is 1.96. The largest absolute Gasteiger partial charge is 0.459 e. The molecule has 26 heavy (non-hydrogen) atoms. The van der Waals surface area contributed by atoms with Crippen molar-refractivity contribution in [3.8, 4) is 0 Å². The fraction of sp³-hybridized carbons (Fsp3) is 0.316. The molecule has 7 nitrogen and oxygen atoms in total. The predicted octanol–water partition coefficient (Wildman–Crippen LogP) is 2.99. The fourth-order valence-electron chi connectivity index (χ4n) is 2.39. The van der Waals surface area contributed by atoms with Crippen LogP contribution < -0.4 is 10.6 Å². The maximum absolute atomic E-state index is 12.3. The van der Waals surface area contributed by atoms with Crippen LogP contribution >= 0.6 is 0 Å². The van der Waals surface area contributed by atoms with Crippen molar-refractivity contribution >= 4 is 23.5 Å². The lowest BCUT2D eigenvalue weighted by Crippen LogP contribution is -2.35. The number of anilines is 1. The molecule has 0 aliphatic rings. The van der Waals surface area contributed by atoms with E-state index in [0.29, 0.717) is 0 Å². The third-order valence-corrected chi connectivity index (χ3v) is 3.60. The van der Waals surface area contributed by atoms with Gasteiger partial charge >= 0.3 is 5.97 Å². The Morgan fingerprint density at radius 3 is 2.62 bits per heavy atom. The van der Waals surface area contributed by atoms with Gasteiger partial charge in [-0.3, -0.25) is 9.59 Å². The normalized spacial score (nSPS) is 11.5. The number of furan rings is 1. The van der Waals surface area contributed by atoms with E-state index in [1.54, 1.807) is 24.3 Å². The number of hydrogen-bond acceptors (Lipinski definition) is 5. The Labute approximate surface area is 151 Å². The molecule has 0 bridgehead atoms. The molecule has 0 fully saturated rings. The van der Waals surface area contributed by atoms with E-state index in [0.717, 1.165) is 12.8 Å². The van der Waals surface area contributed by atoms with Crippen molar-refractivity contribution in [3.63, 3.8) is 0 Å². The SMILES string of the molecule is CCC[C@@H](C)NC(=O)COC(=O)c1ccccc1NC(=O)c1ccco1. The van der Waals surface area contributed by atoms with Crippen molar-refractivity contribution < 1.29 is 23.5 Å². The molecular weight excluding hydrogens is 336 g/mol. The van der Waals surface area contributed by atoms with E-state index in [4.69, 9.17) is 9.15 Å². The number of ether oxygens (including phenoxy) is 1. The quantitative estimate of drug-likeness (QED) is 0.707. The van der Waals surface area contributed by atoms with Gasteiger partial charge in [0.2, 0.25) is 0 Å². The third-order valence-electron chi connectivity index (χ3n) is 3.60. The van der Waals surface area contributed by atoms with Gasteiger partial charge in [-0.05, 0) is 37.6 Å². The van der Waals surface area contributed by atoms with Crippen LogP contribution in [0.1, 0.15) is 47.6 Å². The number of carbonyl (C=O) groups excluding carboxylic acids is 3. The fourth-order valence-corrected chi connectivity index (χ4v) is 2.39. The highest BCUT2D eigenvalue weighted by Gasteiger charge is 2.17. The maximum atomic E-state index is 12.3. The van der Waals surface area contributed by atoms with Crippen LogP contribution in [0.2, 0.25) is 0 Å². The minimum absolute atomic E-state index is 0.0195. The van der Waals surface area contributed by atoms with Crippen LogP contribution in [0.15, 0.2) is 47.1 Å². The summed E-state index contributed by atoms with van der Waals surface area (Å²) < 4.78 is 10.1. The average Bonchev–Trinajstić information content (AvgIpc) is 3.15. The molecule has 0 aliphatic heterocycles. The number of hydrogen-bond donors (Lipinski definition) is 2. The zero-order chi connectivity index (χ0) is 18.9. The van der Waals surface area contributed by atoms with Crippen LogP contribution in [0.5, 0.6) is 0 Å². The van der Waals surface area contributed by atoms with E-state index in [1.165, 1.54) is 18.4 Å². The lowest BCUT2D eigenvalue weighted by atomic mass is 10.1. The first kappa shape index (κ1) is 19.2. The van der Waals surface area contributed by atoms with E-state index >= 15 is 0 Å². The van der Waals surface area contributed by atoms with E-state index < -0.39 is 11.9 Å². The van der Waals surface area contributed by atoms with Crippen molar-refractivity contribution in [1.29, 1.82) is 0 Å². The van der Waals surface area contributed by atoms with Gasteiger partial charge in [-0.15, -0.1) is 0 Å². The summed E-state index contributed by atoms with van der Waals surface area (Å²) in [5.74, 6) is -1.42. The molecule has 1 atom stereocenters. The molecule has 138 valence electrons. The van der Waals surface area contributed by atoms with Crippen LogP contribution in [0.3, 0.4) is 0 Å². The molecule has 2 amide bonds. The van der Waals surface area contributed by atoms with Crippen molar-refractivity contribution in [3.05, 3.63) is 54.0 Å². The molecule has 1 aromatic carbocycles. The van der Waals surface area contributed by atoms with Crippen molar-refractivity contribution in [1.82, 2.24) is 5.32 Å². The lowest BCUT2D eigenvalue weighted by molar-refractivity contribution is -0.124. The lowest BCUT2D eigenvalue weighted by Gasteiger charge is -2.13. The highest BCUT2D eigenvalue weighted by Crippen LogP contribution is 2.17. The summed E-state index contributed by atoms with van der Waals surface area (Å²) >= 11 is 0. The Hall–Kier alpha value is -3.09. The van der Waals surface area contributed by atoms with Crippen molar-refractivity contribution in [2.24, 2.45) is 0 Å². The Kier molecular flexibility index (Phi) is 6.96. The van der Waals surface area contributed by atoms with E-state index in [-0.39, 0.29) is 35.6 Å². The molecule has 2 N–H and O–H groups in total. The Morgan fingerprint density at radius 1 is 1.15 bits per heavy atom. The summed E-state index contributed by atoms with van der Waals surface area (Å²) in [5, 5.41) is 5.35. The second kappa shape index (κ2) is 9.41. The zero-order valence-electron chi connectivity index (χ0n) is 14.8. The molecule has 0 unspecified atom stereocenters. The number of carbonyl (C=O) groups is 3. The molecule has 2 rings (SSSR count). The number of esters is 1. The number of rotatable bonds is 8. The maximum Gasteiger partial charge on any atom is 0.340 e. The van der Waals surface area contributed by atoms with E-state index in [9.17, 15) is 14.4 Å². The highest BCUT2D eigenvalue weighted by molar-refractivity contribution is 6.06. The predicted molar refractivity (Wildman–Crippen MR) is 95.9 cm³/mol. The molecule has 0 saturated heterocycles. The van der Waals surface area contributed by atoms with Crippen LogP contribution in [-0.2, 0) is 9.53 Å². The smallest absolute Gasteiger partial charge is 0.340 e. The van der Waals surface area contributed by atoms with Crippen molar-refractivity contribution in [2.75, 3.05) is 11.9 Å². The first-order chi connectivity index (χ1) is 12.5. The average molecular weight is 358 g/mol. The monoisotopic (exact) mass is 358 g/mol. The highest BCUT2D eigenvalue weighted by atomic mass is 16.5. The summed E-state index contributed by atoms with van der Waals surface area (Å²) in [6, 6.07) is 9.52. The van der Waals surface area contributed by atoms with Crippen LogP contribution in [0.25, 0.3) is 0 Å². The van der Waals surface area contributed by atoms with Crippen LogP contribution in [-0.4, -0.2) is 30.4 Å². The van der Waals surface area contributed by atoms with Crippen LogP contribution in [0, 0.1) is 0 Å². The third kappa shape index (κ3) is 5.47. The minimum Gasteiger partial charge on any atom is -0.459 e. The van der Waals surface area contributed by atoms with Gasteiger partial charge in [0.1, 0.15) is 0 Å². The van der Waals surface area contributed by atoms with Gasteiger partial charge in [-0.2, -0.15) is 0 Å². The summed E-state index contributed by atoms with van der Waals surface area (Å²) in [5.41, 5.74) is 0.431. The molecule has 0 saturated carbocycles. The summed E-state index contributed by atoms with van der Waals surface area (Å²) in [6.45, 7) is 3.53. The van der Waals surface area contributed by atoms with Gasteiger partial charge in [0.25, 0.3) is 11.8 Å². The van der Waals surface area contributed by atoms with Gasteiger partial charge in [0.15, 0.2) is 12.4 Å². The number of para-hydroxylation sites is 1. The summed E-state index contributed by atoms with van der Waals surface area (Å²) in [4.78, 5) is 36.2. The van der Waals surface area contributed by atoms with Crippen molar-refractivity contribution in [2.45, 2.75) is 32.7 Å². The zero-order valence-corrected chi connectivity index (χ0v) is 14.8. The Bertz CT molecular complexity index is 755. The molecule has 2 aromatic rings. The number of amides is 2. The molecule has 0 aliphatic carbocycles. The van der Waals surface area contributed by atoms with E-state index in [2.05, 4.69) is 10.6 Å². The summed E-state index contributed by atoms with van der Waals surface area (Å²) in [6.07, 6.45) is 3.18. The number of nitrogens with one attached hydrogen (secondary N) is 2. The molecule has 1 aromatic heterocycles. The topological polar surface area (TPSA) is 97.6 Å². The standard InChI is InChI=1S/C19H22N2O5/c1-3-7-13(2)20-17(22)12-26-19(24)14-8-4-5-9-15(14)21-18(23)16-10-6-11-25-16/h4-6,8-11,13H,3,7,12H2,1-2H3,(H,20,22)(H,21,23)/t13-/m1/s1. The first-order valence-electron chi connectivity index (χ1n) is 8.41. The van der Waals surface area contributed by atoms with Gasteiger partial charge in [-0.1, -0.05) is 25.5 Å². The first-order valence-corrected chi connectivity index (χ1v) is 8.41. The second-order valence-electron chi connectivity index (χ2n) is 5.81. The van der Waals surface area contributed by atoms with E-state index in [1.807, 2.05) is 13.8 Å². The molecule has 7 heteroatoms. The molecule has 1 heterocycles. The Morgan fingerprint density at radius 2 is 1.92 bits per heavy atom. The van der Waals surface area contributed by atoms with Crippen LogP contribution in [0.4, 0.5) is 5.69 Å². The van der Waals surface area contributed by atoms with Gasteiger partial charge < -0.3 is 19.8 Å². The minimum atomic E-state index is -0.696. The van der Waals surface area contributed by atoms with Gasteiger partial charge in [0.05, 0.1) is 17.5 Å².